The fourth-order valence-corrected chi connectivity index (χ4v) is 4.05. The van der Waals surface area contributed by atoms with Gasteiger partial charge in [0.1, 0.15) is 19.0 Å². The summed E-state index contributed by atoms with van der Waals surface area (Å²) >= 11 is 0. The van der Waals surface area contributed by atoms with E-state index < -0.39 is 0 Å². The summed E-state index contributed by atoms with van der Waals surface area (Å²) in [5, 5.41) is 3.14. The quantitative estimate of drug-likeness (QED) is 0.529. The van der Waals surface area contributed by atoms with Gasteiger partial charge in [0.05, 0.1) is 18.8 Å². The summed E-state index contributed by atoms with van der Waals surface area (Å²) in [5.74, 6) is 2.47. The first-order valence-corrected chi connectivity index (χ1v) is 11.0. The molecule has 0 bridgehead atoms. The summed E-state index contributed by atoms with van der Waals surface area (Å²) in [4.78, 5) is 12.8. The molecule has 0 spiro atoms. The smallest absolute Gasteiger partial charge is 0.244 e. The van der Waals surface area contributed by atoms with E-state index >= 15 is 0 Å². The molecule has 4 rings (SSSR count). The van der Waals surface area contributed by atoms with E-state index in [9.17, 15) is 4.79 Å². The van der Waals surface area contributed by atoms with E-state index in [1.807, 2.05) is 36.4 Å². The van der Waals surface area contributed by atoms with E-state index in [-0.39, 0.29) is 17.9 Å². The number of hydrogen-bond acceptors (Lipinski definition) is 4. The Bertz CT molecular complexity index is 1110. The highest BCUT2D eigenvalue weighted by Crippen LogP contribution is 2.34. The second kappa shape index (κ2) is 9.39. The zero-order valence-corrected chi connectivity index (χ0v) is 19.1. The van der Waals surface area contributed by atoms with Crippen molar-refractivity contribution in [2.45, 2.75) is 40.3 Å². The number of amides is 1. The zero-order chi connectivity index (χ0) is 22.7. The number of rotatable bonds is 7. The Balaban J connectivity index is 1.47. The van der Waals surface area contributed by atoms with Gasteiger partial charge in [-0.2, -0.15) is 0 Å². The SMILES string of the molecule is Cc1cc(/C=C/C(=O)NC(c2ccc3c(c2)OCCO3)C(C)C)c(C)n1Cc1ccco1. The van der Waals surface area contributed by atoms with Crippen molar-refractivity contribution < 1.29 is 18.7 Å². The summed E-state index contributed by atoms with van der Waals surface area (Å²) in [7, 11) is 0. The Morgan fingerprint density at radius 2 is 1.91 bits per heavy atom. The summed E-state index contributed by atoms with van der Waals surface area (Å²) in [5.41, 5.74) is 4.23. The van der Waals surface area contributed by atoms with Crippen LogP contribution in [0.3, 0.4) is 0 Å². The van der Waals surface area contributed by atoms with Crippen LogP contribution in [-0.4, -0.2) is 23.7 Å². The minimum Gasteiger partial charge on any atom is -0.486 e. The number of furan rings is 1. The number of benzene rings is 1. The van der Waals surface area contributed by atoms with Crippen LogP contribution in [-0.2, 0) is 11.3 Å². The number of hydrogen-bond donors (Lipinski definition) is 1. The van der Waals surface area contributed by atoms with Crippen LogP contribution in [0.2, 0.25) is 0 Å². The van der Waals surface area contributed by atoms with E-state index in [1.54, 1.807) is 12.3 Å². The summed E-state index contributed by atoms with van der Waals surface area (Å²) in [6, 6.07) is 11.7. The van der Waals surface area contributed by atoms with Crippen molar-refractivity contribution in [3.63, 3.8) is 0 Å². The average Bonchev–Trinajstić information content (AvgIpc) is 3.39. The topological polar surface area (TPSA) is 65.6 Å². The molecule has 1 aromatic carbocycles. The van der Waals surface area contributed by atoms with Crippen molar-refractivity contribution in [2.75, 3.05) is 13.2 Å². The minimum absolute atomic E-state index is 0.130. The predicted molar refractivity (Wildman–Crippen MR) is 124 cm³/mol. The highest BCUT2D eigenvalue weighted by Gasteiger charge is 2.21. The first-order valence-electron chi connectivity index (χ1n) is 11.0. The Morgan fingerprint density at radius 3 is 2.62 bits per heavy atom. The molecule has 0 aliphatic carbocycles. The third-order valence-corrected chi connectivity index (χ3v) is 5.81. The number of nitrogens with zero attached hydrogens (tertiary/aromatic N) is 1. The first kappa shape index (κ1) is 21.8. The van der Waals surface area contributed by atoms with Gasteiger partial charge in [-0.05, 0) is 67.3 Å². The maximum Gasteiger partial charge on any atom is 0.244 e. The maximum absolute atomic E-state index is 12.8. The molecule has 32 heavy (non-hydrogen) atoms. The van der Waals surface area contributed by atoms with Crippen LogP contribution in [0, 0.1) is 19.8 Å². The van der Waals surface area contributed by atoms with E-state index in [0.29, 0.717) is 19.8 Å². The van der Waals surface area contributed by atoms with Crippen LogP contribution in [0.15, 0.2) is 53.2 Å². The number of nitrogens with one attached hydrogen (secondary N) is 1. The normalized spacial score (nSPS) is 14.2. The van der Waals surface area contributed by atoms with Gasteiger partial charge in [-0.15, -0.1) is 0 Å². The Kier molecular flexibility index (Phi) is 6.40. The molecule has 1 aliphatic rings. The lowest BCUT2D eigenvalue weighted by Gasteiger charge is -2.25. The molecule has 6 heteroatoms. The molecule has 1 unspecified atom stereocenters. The molecule has 1 N–H and O–H groups in total. The third-order valence-electron chi connectivity index (χ3n) is 5.81. The van der Waals surface area contributed by atoms with Gasteiger partial charge >= 0.3 is 0 Å². The molecule has 1 amide bonds. The van der Waals surface area contributed by atoms with Crippen LogP contribution < -0.4 is 14.8 Å². The summed E-state index contributed by atoms with van der Waals surface area (Å²) in [6.45, 7) is 10.1. The van der Waals surface area contributed by atoms with Crippen molar-refractivity contribution in [1.29, 1.82) is 0 Å². The van der Waals surface area contributed by atoms with Crippen molar-refractivity contribution in [1.82, 2.24) is 9.88 Å². The van der Waals surface area contributed by atoms with Gasteiger partial charge in [-0.3, -0.25) is 4.79 Å². The number of carbonyl (C=O) groups excluding carboxylic acids is 1. The van der Waals surface area contributed by atoms with Crippen molar-refractivity contribution >= 4 is 12.0 Å². The minimum atomic E-state index is -0.130. The van der Waals surface area contributed by atoms with Gasteiger partial charge in [0.2, 0.25) is 5.91 Å². The van der Waals surface area contributed by atoms with Gasteiger partial charge in [-0.1, -0.05) is 19.9 Å². The molecule has 3 heterocycles. The third kappa shape index (κ3) is 4.74. The molecular formula is C26H30N2O4. The number of aromatic nitrogens is 1. The van der Waals surface area contributed by atoms with Crippen LogP contribution in [0.25, 0.3) is 6.08 Å². The van der Waals surface area contributed by atoms with E-state index in [1.165, 1.54) is 0 Å². The van der Waals surface area contributed by atoms with Crippen LogP contribution in [0.4, 0.5) is 0 Å². The number of carbonyl (C=O) groups is 1. The van der Waals surface area contributed by atoms with E-state index in [2.05, 4.69) is 43.6 Å². The monoisotopic (exact) mass is 434 g/mol. The van der Waals surface area contributed by atoms with Crippen LogP contribution >= 0.6 is 0 Å². The molecule has 1 atom stereocenters. The van der Waals surface area contributed by atoms with Gasteiger partial charge < -0.3 is 23.8 Å². The lowest BCUT2D eigenvalue weighted by molar-refractivity contribution is -0.117. The lowest BCUT2D eigenvalue weighted by atomic mass is 9.95. The standard InChI is InChI=1S/C26H30N2O4/c1-17(2)26(21-7-9-23-24(15-21)32-13-12-31-23)27-25(29)10-8-20-14-18(3)28(19(20)4)16-22-6-5-11-30-22/h5-11,14-15,17,26H,12-13,16H2,1-4H3,(H,27,29)/b10-8+. The highest BCUT2D eigenvalue weighted by molar-refractivity contribution is 5.92. The second-order valence-electron chi connectivity index (χ2n) is 8.46. The maximum atomic E-state index is 12.8. The molecule has 0 radical (unpaired) electrons. The fourth-order valence-electron chi connectivity index (χ4n) is 4.05. The number of ether oxygens (including phenoxy) is 2. The first-order chi connectivity index (χ1) is 15.4. The molecular weight excluding hydrogens is 404 g/mol. The lowest BCUT2D eigenvalue weighted by Crippen LogP contribution is -2.30. The Labute approximate surface area is 188 Å². The molecule has 168 valence electrons. The van der Waals surface area contributed by atoms with Crippen molar-refractivity contribution in [3.05, 3.63) is 77.0 Å². The molecule has 3 aromatic rings. The highest BCUT2D eigenvalue weighted by atomic mass is 16.6. The molecule has 0 saturated heterocycles. The van der Waals surface area contributed by atoms with Gasteiger partial charge in [-0.25, -0.2) is 0 Å². The van der Waals surface area contributed by atoms with Crippen molar-refractivity contribution in [2.24, 2.45) is 5.92 Å². The van der Waals surface area contributed by atoms with Gasteiger partial charge in [0.15, 0.2) is 11.5 Å². The molecule has 1 aliphatic heterocycles. The number of fused-ring (bicyclic) bond motifs is 1. The molecule has 0 fully saturated rings. The zero-order valence-electron chi connectivity index (χ0n) is 19.1. The second-order valence-corrected chi connectivity index (χ2v) is 8.46. The Hall–Kier alpha value is -3.41. The van der Waals surface area contributed by atoms with Crippen LogP contribution in [0.1, 0.15) is 48.2 Å². The molecule has 2 aromatic heterocycles. The van der Waals surface area contributed by atoms with E-state index in [0.717, 1.165) is 39.8 Å². The average molecular weight is 435 g/mol. The number of aryl methyl sites for hydroxylation is 1. The summed E-state index contributed by atoms with van der Waals surface area (Å²) in [6.07, 6.45) is 5.16. The predicted octanol–water partition coefficient (Wildman–Crippen LogP) is 5.04. The largest absolute Gasteiger partial charge is 0.486 e. The van der Waals surface area contributed by atoms with Gasteiger partial charge in [0, 0.05) is 17.5 Å². The summed E-state index contributed by atoms with van der Waals surface area (Å²) < 4.78 is 19.0. The molecule has 0 saturated carbocycles. The fraction of sp³-hybridized carbons (Fsp3) is 0.346. The van der Waals surface area contributed by atoms with Gasteiger partial charge in [0.25, 0.3) is 0 Å². The Morgan fingerprint density at radius 1 is 1.12 bits per heavy atom. The van der Waals surface area contributed by atoms with Crippen molar-refractivity contribution in [3.8, 4) is 11.5 Å². The van der Waals surface area contributed by atoms with E-state index in [4.69, 9.17) is 13.9 Å². The van der Waals surface area contributed by atoms with Crippen LogP contribution in [0.5, 0.6) is 11.5 Å². The molecule has 6 nitrogen and oxygen atoms in total.